The van der Waals surface area contributed by atoms with Crippen LogP contribution in [-0.4, -0.2) is 18.6 Å². The van der Waals surface area contributed by atoms with Crippen molar-refractivity contribution in [2.45, 2.75) is 16.7 Å². The average Bonchev–Trinajstić information content (AvgIpc) is 2.48. The predicted octanol–water partition coefficient (Wildman–Crippen LogP) is 4.19. The van der Waals surface area contributed by atoms with Gasteiger partial charge < -0.3 is 10.1 Å². The van der Waals surface area contributed by atoms with E-state index in [-0.39, 0.29) is 10.6 Å². The van der Waals surface area contributed by atoms with Crippen molar-refractivity contribution in [3.05, 3.63) is 52.6 Å². The van der Waals surface area contributed by atoms with E-state index in [1.807, 2.05) is 37.3 Å². The van der Waals surface area contributed by atoms with Gasteiger partial charge in [-0.2, -0.15) is 0 Å². The lowest BCUT2D eigenvalue weighted by molar-refractivity contribution is -0.385. The Hall–Kier alpha value is -2.21. The lowest BCUT2D eigenvalue weighted by Gasteiger charge is -2.09. The first-order chi connectivity index (χ1) is 10.1. The molecule has 0 atom stereocenters. The Kier molecular flexibility index (Phi) is 5.05. The highest BCUT2D eigenvalue weighted by Crippen LogP contribution is 2.37. The van der Waals surface area contributed by atoms with Crippen molar-refractivity contribution < 1.29 is 9.66 Å². The van der Waals surface area contributed by atoms with Crippen LogP contribution in [0.1, 0.15) is 6.92 Å². The molecule has 0 aliphatic rings. The quantitative estimate of drug-likeness (QED) is 0.640. The molecule has 0 radical (unpaired) electrons. The van der Waals surface area contributed by atoms with Gasteiger partial charge in [0.1, 0.15) is 5.75 Å². The summed E-state index contributed by atoms with van der Waals surface area (Å²) in [7, 11) is 1.61. The van der Waals surface area contributed by atoms with Crippen LogP contribution in [0.3, 0.4) is 0 Å². The molecule has 21 heavy (non-hydrogen) atoms. The first-order valence-electron chi connectivity index (χ1n) is 6.48. The molecule has 2 aromatic rings. The molecule has 0 aliphatic carbocycles. The van der Waals surface area contributed by atoms with Gasteiger partial charge in [0, 0.05) is 29.3 Å². The molecule has 0 fully saturated rings. The third-order valence-corrected chi connectivity index (χ3v) is 3.81. The number of benzene rings is 2. The van der Waals surface area contributed by atoms with Crippen molar-refractivity contribution in [3.8, 4) is 5.75 Å². The molecule has 0 amide bonds. The number of nitro benzene ring substituents is 1. The molecule has 6 heteroatoms. The fourth-order valence-corrected chi connectivity index (χ4v) is 2.90. The van der Waals surface area contributed by atoms with Crippen LogP contribution in [0.4, 0.5) is 11.4 Å². The van der Waals surface area contributed by atoms with Crippen molar-refractivity contribution in [3.63, 3.8) is 0 Å². The number of nitrogens with one attached hydrogen (secondary N) is 1. The summed E-state index contributed by atoms with van der Waals surface area (Å²) in [6, 6.07) is 12.6. The van der Waals surface area contributed by atoms with Crippen molar-refractivity contribution >= 4 is 23.1 Å². The first kappa shape index (κ1) is 15.2. The summed E-state index contributed by atoms with van der Waals surface area (Å²) in [4.78, 5) is 12.4. The minimum absolute atomic E-state index is 0.0749. The van der Waals surface area contributed by atoms with Crippen molar-refractivity contribution in [2.75, 3.05) is 19.0 Å². The number of para-hydroxylation sites is 1. The van der Waals surface area contributed by atoms with E-state index < -0.39 is 0 Å². The summed E-state index contributed by atoms with van der Waals surface area (Å²) in [5.74, 6) is 0.749. The maximum atomic E-state index is 11.0. The highest BCUT2D eigenvalue weighted by molar-refractivity contribution is 7.99. The normalized spacial score (nSPS) is 10.2. The molecule has 2 rings (SSSR count). The van der Waals surface area contributed by atoms with Gasteiger partial charge in [0.15, 0.2) is 0 Å². The second-order valence-corrected chi connectivity index (χ2v) is 5.37. The zero-order valence-corrected chi connectivity index (χ0v) is 12.6. The SMILES string of the molecule is CCNc1cc(Sc2ccccc2OC)cc([N+](=O)[O-])c1. The van der Waals surface area contributed by atoms with Crippen LogP contribution < -0.4 is 10.1 Å². The Morgan fingerprint density at radius 2 is 2.05 bits per heavy atom. The number of rotatable bonds is 6. The second-order valence-electron chi connectivity index (χ2n) is 4.26. The third kappa shape index (κ3) is 3.88. The molecule has 5 nitrogen and oxygen atoms in total. The lowest BCUT2D eigenvalue weighted by atomic mass is 10.3. The fraction of sp³-hybridized carbons (Fsp3) is 0.200. The number of non-ortho nitro benzene ring substituents is 1. The number of hydrogen-bond acceptors (Lipinski definition) is 5. The first-order valence-corrected chi connectivity index (χ1v) is 7.30. The summed E-state index contributed by atoms with van der Waals surface area (Å²) in [6.07, 6.45) is 0. The van der Waals surface area contributed by atoms with Gasteiger partial charge in [0.25, 0.3) is 5.69 Å². The van der Waals surface area contributed by atoms with Crippen molar-refractivity contribution in [1.82, 2.24) is 0 Å². The summed E-state index contributed by atoms with van der Waals surface area (Å²) in [5, 5.41) is 14.1. The number of methoxy groups -OCH3 is 1. The Morgan fingerprint density at radius 3 is 2.71 bits per heavy atom. The molecule has 0 bridgehead atoms. The Balaban J connectivity index is 2.36. The Morgan fingerprint density at radius 1 is 1.29 bits per heavy atom. The summed E-state index contributed by atoms with van der Waals surface area (Å²) in [5.41, 5.74) is 0.815. The molecule has 0 aromatic heterocycles. The predicted molar refractivity (Wildman–Crippen MR) is 84.4 cm³/mol. The number of nitro groups is 1. The minimum atomic E-state index is -0.382. The van der Waals surface area contributed by atoms with Crippen LogP contribution in [0.2, 0.25) is 0 Å². The van der Waals surface area contributed by atoms with E-state index >= 15 is 0 Å². The smallest absolute Gasteiger partial charge is 0.272 e. The number of nitrogens with zero attached hydrogens (tertiary/aromatic N) is 1. The average molecular weight is 304 g/mol. The van der Waals surface area contributed by atoms with E-state index in [1.165, 1.54) is 17.8 Å². The highest BCUT2D eigenvalue weighted by Gasteiger charge is 2.12. The van der Waals surface area contributed by atoms with Gasteiger partial charge in [-0.1, -0.05) is 23.9 Å². The highest BCUT2D eigenvalue weighted by atomic mass is 32.2. The molecule has 0 saturated carbocycles. The van der Waals surface area contributed by atoms with E-state index in [0.717, 1.165) is 21.2 Å². The van der Waals surface area contributed by atoms with Gasteiger partial charge in [-0.3, -0.25) is 10.1 Å². The van der Waals surface area contributed by atoms with Crippen molar-refractivity contribution in [1.29, 1.82) is 0 Å². The van der Waals surface area contributed by atoms with Gasteiger partial charge >= 0.3 is 0 Å². The topological polar surface area (TPSA) is 64.4 Å². The van der Waals surface area contributed by atoms with Crippen LogP contribution in [0.15, 0.2) is 52.3 Å². The molecule has 1 N–H and O–H groups in total. The molecule has 0 unspecified atom stereocenters. The molecule has 0 heterocycles. The van der Waals surface area contributed by atoms with Crippen LogP contribution in [0, 0.1) is 10.1 Å². The molecular weight excluding hydrogens is 288 g/mol. The molecular formula is C15H16N2O3S. The van der Waals surface area contributed by atoms with Crippen molar-refractivity contribution in [2.24, 2.45) is 0 Å². The van der Waals surface area contributed by atoms with Gasteiger partial charge in [-0.05, 0) is 25.1 Å². The largest absolute Gasteiger partial charge is 0.496 e. The maximum Gasteiger partial charge on any atom is 0.272 e. The van der Waals surface area contributed by atoms with E-state index in [1.54, 1.807) is 13.2 Å². The third-order valence-electron chi connectivity index (χ3n) is 2.78. The molecule has 0 spiro atoms. The van der Waals surface area contributed by atoms with Gasteiger partial charge in [0.2, 0.25) is 0 Å². The van der Waals surface area contributed by atoms with E-state index in [4.69, 9.17) is 4.74 Å². The minimum Gasteiger partial charge on any atom is -0.496 e. The molecule has 2 aromatic carbocycles. The van der Waals surface area contributed by atoms with Crippen LogP contribution in [0.5, 0.6) is 5.75 Å². The van der Waals surface area contributed by atoms with Crippen LogP contribution >= 0.6 is 11.8 Å². The van der Waals surface area contributed by atoms with Gasteiger partial charge in [-0.25, -0.2) is 0 Å². The lowest BCUT2D eigenvalue weighted by Crippen LogP contribution is -1.98. The Bertz CT molecular complexity index is 647. The fourth-order valence-electron chi connectivity index (χ4n) is 1.88. The van der Waals surface area contributed by atoms with E-state index in [2.05, 4.69) is 5.32 Å². The second kappa shape index (κ2) is 6.99. The van der Waals surface area contributed by atoms with Crippen LogP contribution in [-0.2, 0) is 0 Å². The van der Waals surface area contributed by atoms with Gasteiger partial charge in [-0.15, -0.1) is 0 Å². The summed E-state index contributed by atoms with van der Waals surface area (Å²) >= 11 is 1.44. The maximum absolute atomic E-state index is 11.0. The number of ether oxygens (including phenoxy) is 1. The van der Waals surface area contributed by atoms with E-state index in [0.29, 0.717) is 6.54 Å². The van der Waals surface area contributed by atoms with E-state index in [9.17, 15) is 10.1 Å². The van der Waals surface area contributed by atoms with Crippen LogP contribution in [0.25, 0.3) is 0 Å². The molecule has 0 saturated heterocycles. The Labute approximate surface area is 127 Å². The number of hydrogen-bond donors (Lipinski definition) is 1. The number of anilines is 1. The van der Waals surface area contributed by atoms with Gasteiger partial charge in [0.05, 0.1) is 16.9 Å². The molecule has 110 valence electrons. The zero-order valence-electron chi connectivity index (χ0n) is 11.8. The summed E-state index contributed by atoms with van der Waals surface area (Å²) < 4.78 is 5.30. The summed E-state index contributed by atoms with van der Waals surface area (Å²) in [6.45, 7) is 2.66. The zero-order chi connectivity index (χ0) is 15.2. The monoisotopic (exact) mass is 304 g/mol. The molecule has 0 aliphatic heterocycles. The standard InChI is InChI=1S/C15H16N2O3S/c1-3-16-11-8-12(17(18)19)10-13(9-11)21-15-7-5-4-6-14(15)20-2/h4-10,16H,3H2,1-2H3.